The lowest BCUT2D eigenvalue weighted by Crippen LogP contribution is -2.50. The van der Waals surface area contributed by atoms with Gasteiger partial charge in [-0.2, -0.15) is 0 Å². The van der Waals surface area contributed by atoms with Gasteiger partial charge in [0.2, 0.25) is 0 Å². The topological polar surface area (TPSA) is 99.8 Å². The average molecular weight is 643 g/mol. The van der Waals surface area contributed by atoms with Crippen LogP contribution in [-0.2, 0) is 16.1 Å². The van der Waals surface area contributed by atoms with Gasteiger partial charge >= 0.3 is 12.3 Å². The molecule has 4 heterocycles. The Morgan fingerprint density at radius 3 is 2.64 bits per heavy atom. The van der Waals surface area contributed by atoms with E-state index < -0.39 is 12.3 Å². The Balaban J connectivity index is 1.17. The number of thiazole rings is 1. The molecule has 6 rings (SSSR count). The number of carbonyl (C=O) groups is 1. The first kappa shape index (κ1) is 31.0. The number of anilines is 1. The normalized spacial score (nSPS) is 20.3. The fourth-order valence-electron chi connectivity index (χ4n) is 5.91. The van der Waals surface area contributed by atoms with Crippen LogP contribution in [0.15, 0.2) is 52.5 Å². The Morgan fingerprint density at radius 2 is 1.96 bits per heavy atom. The summed E-state index contributed by atoms with van der Waals surface area (Å²) in [4.78, 5) is 23.2. The number of rotatable bonds is 10. The zero-order valence-electron chi connectivity index (χ0n) is 25.0. The summed E-state index contributed by atoms with van der Waals surface area (Å²) in [6, 6.07) is 9.70. The number of esters is 1. The van der Waals surface area contributed by atoms with E-state index in [1.807, 2.05) is 5.38 Å². The molecule has 238 valence electrons. The second-order valence-corrected chi connectivity index (χ2v) is 12.2. The van der Waals surface area contributed by atoms with E-state index >= 15 is 0 Å². The lowest BCUT2D eigenvalue weighted by Gasteiger charge is -2.43. The predicted molar refractivity (Wildman–Crippen MR) is 161 cm³/mol. The highest BCUT2D eigenvalue weighted by atomic mass is 32.1. The molecule has 45 heavy (non-hydrogen) atoms. The van der Waals surface area contributed by atoms with E-state index in [2.05, 4.69) is 33.6 Å². The van der Waals surface area contributed by atoms with E-state index in [-0.39, 0.29) is 47.7 Å². The average Bonchev–Trinajstić information content (AvgIpc) is 3.60. The molecule has 4 aromatic rings. The number of pyridine rings is 1. The first-order valence-electron chi connectivity index (χ1n) is 14.9. The number of aromatic nitrogens is 3. The largest absolute Gasteiger partial charge is 0.573 e. The predicted octanol–water partition coefficient (Wildman–Crippen LogP) is 7.78. The number of hydrogen-bond acceptors (Lipinski definition) is 10. The van der Waals surface area contributed by atoms with Crippen molar-refractivity contribution in [1.82, 2.24) is 15.1 Å². The molecule has 0 spiro atoms. The van der Waals surface area contributed by atoms with Crippen LogP contribution in [-0.4, -0.2) is 52.8 Å². The third-order valence-corrected chi connectivity index (χ3v) is 9.10. The Bertz CT molecular complexity index is 1640. The second-order valence-electron chi connectivity index (χ2n) is 11.4. The highest BCUT2D eigenvalue weighted by Crippen LogP contribution is 2.46. The van der Waals surface area contributed by atoms with Gasteiger partial charge in [-0.3, -0.25) is 0 Å². The smallest absolute Gasteiger partial charge is 0.464 e. The third-order valence-electron chi connectivity index (χ3n) is 8.24. The molecule has 13 heteroatoms. The van der Waals surface area contributed by atoms with E-state index in [9.17, 15) is 18.0 Å². The molecule has 1 aromatic carbocycles. The molecular formula is C32H33F3N4O5S. The highest BCUT2D eigenvalue weighted by Gasteiger charge is 2.38. The molecule has 9 nitrogen and oxygen atoms in total. The molecule has 1 saturated carbocycles. The van der Waals surface area contributed by atoms with Crippen molar-refractivity contribution in [3.63, 3.8) is 0 Å². The molecule has 3 aromatic heterocycles. The van der Waals surface area contributed by atoms with Crippen molar-refractivity contribution in [2.24, 2.45) is 0 Å². The molecule has 1 unspecified atom stereocenters. The molecule has 0 radical (unpaired) electrons. The number of methoxy groups -OCH3 is 1. The summed E-state index contributed by atoms with van der Waals surface area (Å²) in [6.45, 7) is 4.46. The van der Waals surface area contributed by atoms with Gasteiger partial charge in [0.15, 0.2) is 5.13 Å². The number of nitrogens with zero attached hydrogens (tertiary/aromatic N) is 4. The SMILES string of the molecule is CCC1C[C@@H](OCc2c(-c3ccccc3OC(F)(F)F)noc2C2CC2)C[C@@H](C)N1c1nc(-c2ccc(C(=O)OC)nc2)cs1. The van der Waals surface area contributed by atoms with Crippen molar-refractivity contribution in [2.75, 3.05) is 12.0 Å². The Kier molecular flexibility index (Phi) is 8.82. The van der Waals surface area contributed by atoms with Crippen LogP contribution in [0.5, 0.6) is 5.75 Å². The van der Waals surface area contributed by atoms with E-state index in [0.717, 1.165) is 48.5 Å². The number of piperidine rings is 1. The lowest BCUT2D eigenvalue weighted by molar-refractivity contribution is -0.274. The summed E-state index contributed by atoms with van der Waals surface area (Å²) in [7, 11) is 1.32. The first-order chi connectivity index (χ1) is 21.6. The summed E-state index contributed by atoms with van der Waals surface area (Å²) < 4.78 is 60.7. The molecule has 0 amide bonds. The molecule has 0 bridgehead atoms. The van der Waals surface area contributed by atoms with Crippen LogP contribution in [0.2, 0.25) is 0 Å². The number of halogens is 3. The third kappa shape index (κ3) is 6.84. The number of para-hydroxylation sites is 1. The van der Waals surface area contributed by atoms with Crippen LogP contribution in [0.1, 0.15) is 73.7 Å². The summed E-state index contributed by atoms with van der Waals surface area (Å²) in [5.74, 6) is 0.0480. The molecule has 2 aliphatic rings. The monoisotopic (exact) mass is 642 g/mol. The Labute approximate surface area is 262 Å². The van der Waals surface area contributed by atoms with Crippen LogP contribution in [0.25, 0.3) is 22.5 Å². The quantitative estimate of drug-likeness (QED) is 0.161. The maximum Gasteiger partial charge on any atom is 0.573 e. The molecule has 1 aliphatic heterocycles. The van der Waals surface area contributed by atoms with Gasteiger partial charge in [-0.05, 0) is 63.3 Å². The fourth-order valence-corrected chi connectivity index (χ4v) is 6.92. The van der Waals surface area contributed by atoms with Gasteiger partial charge in [0, 0.05) is 46.3 Å². The Morgan fingerprint density at radius 1 is 1.16 bits per heavy atom. The minimum Gasteiger partial charge on any atom is -0.464 e. The minimum absolute atomic E-state index is 0.0767. The summed E-state index contributed by atoms with van der Waals surface area (Å²) in [5.41, 5.74) is 3.03. The lowest BCUT2D eigenvalue weighted by atomic mass is 9.92. The number of alkyl halides is 3. The van der Waals surface area contributed by atoms with Crippen LogP contribution in [0.3, 0.4) is 0 Å². The van der Waals surface area contributed by atoms with Crippen LogP contribution in [0, 0.1) is 0 Å². The van der Waals surface area contributed by atoms with Gasteiger partial charge in [-0.15, -0.1) is 24.5 Å². The van der Waals surface area contributed by atoms with Crippen LogP contribution >= 0.6 is 11.3 Å². The van der Waals surface area contributed by atoms with Gasteiger partial charge in [0.1, 0.15) is 22.9 Å². The highest BCUT2D eigenvalue weighted by molar-refractivity contribution is 7.14. The summed E-state index contributed by atoms with van der Waals surface area (Å²) in [5, 5.41) is 7.09. The van der Waals surface area contributed by atoms with Crippen molar-refractivity contribution in [3.05, 3.63) is 65.0 Å². The van der Waals surface area contributed by atoms with E-state index in [1.165, 1.54) is 19.2 Å². The van der Waals surface area contributed by atoms with Gasteiger partial charge in [-0.1, -0.05) is 24.2 Å². The molecule has 2 fully saturated rings. The standard InChI is InChI=1S/C32H33F3N4O5S/c1-4-21-14-22(13-18(2)39(21)31-37-26(17-45-31)20-11-12-25(36-15-20)30(40)41-3)42-16-24-28(38-44-29(24)19-9-10-19)23-7-5-6-8-27(23)43-32(33,34)35/h5-8,11-12,15,17-19,21-22H,4,9-10,13-14,16H2,1-3H3/t18-,21?,22+/m1/s1. The van der Waals surface area contributed by atoms with Gasteiger partial charge in [0.05, 0.1) is 25.5 Å². The zero-order valence-corrected chi connectivity index (χ0v) is 25.9. The van der Waals surface area contributed by atoms with Crippen LogP contribution in [0.4, 0.5) is 18.3 Å². The van der Waals surface area contributed by atoms with E-state index in [0.29, 0.717) is 17.0 Å². The van der Waals surface area contributed by atoms with Crippen molar-refractivity contribution in [3.8, 4) is 28.3 Å². The van der Waals surface area contributed by atoms with Gasteiger partial charge < -0.3 is 23.6 Å². The number of hydrogen-bond donors (Lipinski definition) is 0. The van der Waals surface area contributed by atoms with Crippen molar-refractivity contribution in [2.45, 2.75) is 83.0 Å². The molecular weight excluding hydrogens is 609 g/mol. The maximum absolute atomic E-state index is 13.2. The van der Waals surface area contributed by atoms with Crippen molar-refractivity contribution < 1.29 is 36.7 Å². The number of benzene rings is 1. The Hall–Kier alpha value is -3.97. The van der Waals surface area contributed by atoms with E-state index in [4.69, 9.17) is 19.0 Å². The summed E-state index contributed by atoms with van der Waals surface area (Å²) in [6.07, 6.45) is 0.975. The van der Waals surface area contributed by atoms with Gasteiger partial charge in [0.25, 0.3) is 0 Å². The van der Waals surface area contributed by atoms with Gasteiger partial charge in [-0.25, -0.2) is 14.8 Å². The minimum atomic E-state index is -4.83. The fraction of sp³-hybridized carbons (Fsp3) is 0.438. The van der Waals surface area contributed by atoms with E-state index in [1.54, 1.807) is 41.8 Å². The molecule has 1 saturated heterocycles. The van der Waals surface area contributed by atoms with Crippen LogP contribution < -0.4 is 9.64 Å². The molecule has 0 N–H and O–H groups in total. The van der Waals surface area contributed by atoms with Crippen molar-refractivity contribution in [1.29, 1.82) is 0 Å². The number of ether oxygens (including phenoxy) is 3. The second kappa shape index (κ2) is 12.8. The first-order valence-corrected chi connectivity index (χ1v) is 15.8. The molecule has 1 aliphatic carbocycles. The zero-order chi connectivity index (χ0) is 31.7. The maximum atomic E-state index is 13.2. The molecule has 3 atom stereocenters. The summed E-state index contributed by atoms with van der Waals surface area (Å²) >= 11 is 1.56. The van der Waals surface area contributed by atoms with Crippen molar-refractivity contribution >= 4 is 22.4 Å². The number of carbonyl (C=O) groups excluding carboxylic acids is 1.